The van der Waals surface area contributed by atoms with E-state index in [1.807, 2.05) is 26.0 Å². The molecule has 156 valence electrons. The third kappa shape index (κ3) is 13.3. The van der Waals surface area contributed by atoms with Crippen molar-refractivity contribution < 1.29 is 9.63 Å². The smallest absolute Gasteiger partial charge is 0.324 e. The lowest BCUT2D eigenvalue weighted by molar-refractivity contribution is -0.150. The molecule has 0 amide bonds. The van der Waals surface area contributed by atoms with Crippen molar-refractivity contribution in [2.45, 2.75) is 78.1 Å². The van der Waals surface area contributed by atoms with Crippen LogP contribution >= 0.6 is 0 Å². The standard InChI is InChI=1S/C16H22.C9H17NO2/c1-3-9-15(10-4-1)11-5-2-6-12-16-13-7-8-14-16;1-3-5-6-7-8-9(11)12-10-4-2/h1,3-4,6,9-10,12,16H,2,5,7-8,11,13-14H2;3,5,10H,4,6-8H2,1-2H3/b12-6+;5-3-. The summed E-state index contributed by atoms with van der Waals surface area (Å²) in [6, 6.07) is 10.8. The zero-order valence-electron chi connectivity index (χ0n) is 17.9. The highest BCUT2D eigenvalue weighted by Gasteiger charge is 2.10. The molecule has 0 aliphatic heterocycles. The van der Waals surface area contributed by atoms with Crippen LogP contribution in [0.5, 0.6) is 0 Å². The molecule has 0 aromatic heterocycles. The molecule has 3 heteroatoms. The third-order valence-corrected chi connectivity index (χ3v) is 4.80. The van der Waals surface area contributed by atoms with Gasteiger partial charge >= 0.3 is 5.97 Å². The van der Waals surface area contributed by atoms with E-state index in [2.05, 4.69) is 52.8 Å². The van der Waals surface area contributed by atoms with Crippen molar-refractivity contribution >= 4 is 5.97 Å². The van der Waals surface area contributed by atoms with Gasteiger partial charge in [-0.1, -0.05) is 67.5 Å². The predicted molar refractivity (Wildman–Crippen MR) is 119 cm³/mol. The topological polar surface area (TPSA) is 38.3 Å². The highest BCUT2D eigenvalue weighted by molar-refractivity contribution is 5.68. The molecule has 28 heavy (non-hydrogen) atoms. The number of unbranched alkanes of at least 4 members (excludes halogenated alkanes) is 2. The molecular formula is C25H39NO2. The van der Waals surface area contributed by atoms with E-state index < -0.39 is 0 Å². The predicted octanol–water partition coefficient (Wildman–Crippen LogP) is 6.56. The lowest BCUT2D eigenvalue weighted by Gasteiger charge is -2.01. The van der Waals surface area contributed by atoms with E-state index in [0.717, 1.165) is 18.8 Å². The summed E-state index contributed by atoms with van der Waals surface area (Å²) >= 11 is 0. The summed E-state index contributed by atoms with van der Waals surface area (Å²) in [5.74, 6) is 0.720. The molecule has 1 aliphatic carbocycles. The Labute approximate surface area is 172 Å². The van der Waals surface area contributed by atoms with Gasteiger partial charge in [-0.3, -0.25) is 4.79 Å². The highest BCUT2D eigenvalue weighted by atomic mass is 16.7. The van der Waals surface area contributed by atoms with Crippen molar-refractivity contribution in [3.05, 3.63) is 60.2 Å². The summed E-state index contributed by atoms with van der Waals surface area (Å²) in [4.78, 5) is 15.5. The number of carbonyl (C=O) groups is 1. The molecule has 1 N–H and O–H groups in total. The Hall–Kier alpha value is -1.87. The van der Waals surface area contributed by atoms with E-state index in [9.17, 15) is 4.79 Å². The Bertz CT molecular complexity index is 545. The maximum absolute atomic E-state index is 10.9. The molecule has 1 fully saturated rings. The number of nitrogens with one attached hydrogen (secondary N) is 1. The fourth-order valence-electron chi connectivity index (χ4n) is 3.24. The number of hydrogen-bond donors (Lipinski definition) is 1. The van der Waals surface area contributed by atoms with E-state index >= 15 is 0 Å². The minimum atomic E-state index is -0.179. The average Bonchev–Trinajstić information content (AvgIpc) is 3.24. The number of hydrogen-bond acceptors (Lipinski definition) is 3. The van der Waals surface area contributed by atoms with Crippen LogP contribution in [0.2, 0.25) is 0 Å². The molecule has 0 spiro atoms. The van der Waals surface area contributed by atoms with Crippen LogP contribution in [0.4, 0.5) is 0 Å². The van der Waals surface area contributed by atoms with E-state index in [1.165, 1.54) is 50.5 Å². The van der Waals surface area contributed by atoms with Crippen molar-refractivity contribution in [1.29, 1.82) is 0 Å². The molecule has 1 aromatic rings. The van der Waals surface area contributed by atoms with Crippen LogP contribution in [-0.2, 0) is 16.1 Å². The van der Waals surface area contributed by atoms with E-state index in [-0.39, 0.29) is 5.97 Å². The minimum absolute atomic E-state index is 0.179. The van der Waals surface area contributed by atoms with Gasteiger partial charge in [0.25, 0.3) is 0 Å². The lowest BCUT2D eigenvalue weighted by atomic mass is 10.1. The molecule has 0 saturated heterocycles. The van der Waals surface area contributed by atoms with Crippen molar-refractivity contribution in [3.8, 4) is 0 Å². The Balaban J connectivity index is 0.000000295. The summed E-state index contributed by atoms with van der Waals surface area (Å²) in [6.07, 6.45) is 20.6. The van der Waals surface area contributed by atoms with Gasteiger partial charge < -0.3 is 4.84 Å². The number of benzene rings is 1. The highest BCUT2D eigenvalue weighted by Crippen LogP contribution is 2.25. The Kier molecular flexibility index (Phi) is 14.9. The summed E-state index contributed by atoms with van der Waals surface area (Å²) in [5.41, 5.74) is 3.99. The molecule has 3 nitrogen and oxygen atoms in total. The normalized spacial score (nSPS) is 14.4. The van der Waals surface area contributed by atoms with Crippen LogP contribution in [0.3, 0.4) is 0 Å². The Morgan fingerprint density at radius 3 is 2.50 bits per heavy atom. The largest absolute Gasteiger partial charge is 0.371 e. The Morgan fingerprint density at radius 2 is 1.82 bits per heavy atom. The fraction of sp³-hybridized carbons (Fsp3) is 0.560. The Morgan fingerprint density at radius 1 is 1.11 bits per heavy atom. The second kappa shape index (κ2) is 17.2. The molecule has 0 heterocycles. The molecule has 1 aliphatic rings. The monoisotopic (exact) mass is 385 g/mol. The lowest BCUT2D eigenvalue weighted by Crippen LogP contribution is -2.18. The number of allylic oxidation sites excluding steroid dienone is 4. The quantitative estimate of drug-likeness (QED) is 0.266. The van der Waals surface area contributed by atoms with Crippen LogP contribution < -0.4 is 5.48 Å². The van der Waals surface area contributed by atoms with E-state index in [0.29, 0.717) is 13.0 Å². The molecule has 2 rings (SSSR count). The average molecular weight is 386 g/mol. The zero-order chi connectivity index (χ0) is 20.3. The van der Waals surface area contributed by atoms with Crippen LogP contribution in [0.15, 0.2) is 54.6 Å². The van der Waals surface area contributed by atoms with E-state index in [4.69, 9.17) is 0 Å². The van der Waals surface area contributed by atoms with Crippen molar-refractivity contribution in [2.24, 2.45) is 5.92 Å². The molecule has 0 radical (unpaired) electrons. The van der Waals surface area contributed by atoms with Gasteiger partial charge in [-0.05, 0) is 70.3 Å². The van der Waals surface area contributed by atoms with Gasteiger partial charge in [-0.2, -0.15) is 5.48 Å². The summed E-state index contributed by atoms with van der Waals surface area (Å²) < 4.78 is 0. The zero-order valence-corrected chi connectivity index (χ0v) is 17.9. The van der Waals surface area contributed by atoms with Gasteiger partial charge in [-0.25, -0.2) is 0 Å². The van der Waals surface area contributed by atoms with Gasteiger partial charge in [-0.15, -0.1) is 0 Å². The molecule has 1 saturated carbocycles. The van der Waals surface area contributed by atoms with Gasteiger partial charge in [0.2, 0.25) is 0 Å². The van der Waals surface area contributed by atoms with Gasteiger partial charge in [0, 0.05) is 13.0 Å². The number of rotatable bonds is 11. The second-order valence-electron chi connectivity index (χ2n) is 7.28. The fourth-order valence-corrected chi connectivity index (χ4v) is 3.24. The molecular weight excluding hydrogens is 346 g/mol. The summed E-state index contributed by atoms with van der Waals surface area (Å²) in [7, 11) is 0. The first-order valence-corrected chi connectivity index (χ1v) is 11.0. The number of carbonyl (C=O) groups excluding carboxylic acids is 1. The molecule has 0 atom stereocenters. The van der Waals surface area contributed by atoms with Gasteiger partial charge in [0.05, 0.1) is 0 Å². The van der Waals surface area contributed by atoms with Crippen molar-refractivity contribution in [2.75, 3.05) is 6.54 Å². The van der Waals surface area contributed by atoms with Gasteiger partial charge in [0.1, 0.15) is 0 Å². The van der Waals surface area contributed by atoms with Crippen LogP contribution in [0.1, 0.15) is 77.2 Å². The summed E-state index contributed by atoms with van der Waals surface area (Å²) in [6.45, 7) is 4.50. The number of hydroxylamine groups is 1. The van der Waals surface area contributed by atoms with Crippen LogP contribution in [-0.4, -0.2) is 12.5 Å². The first kappa shape index (κ1) is 24.2. The SMILES string of the molecule is C(=C\C1CCCC1)/CCCc1ccccc1.C/C=C\CCCC(=O)ONCC. The minimum Gasteiger partial charge on any atom is -0.371 e. The third-order valence-electron chi connectivity index (χ3n) is 4.80. The summed E-state index contributed by atoms with van der Waals surface area (Å²) in [5, 5.41) is 0. The molecule has 0 unspecified atom stereocenters. The molecule has 0 bridgehead atoms. The van der Waals surface area contributed by atoms with Crippen molar-refractivity contribution in [1.82, 2.24) is 5.48 Å². The van der Waals surface area contributed by atoms with Crippen LogP contribution in [0, 0.1) is 5.92 Å². The van der Waals surface area contributed by atoms with Crippen molar-refractivity contribution in [3.63, 3.8) is 0 Å². The molecule has 1 aromatic carbocycles. The first-order chi connectivity index (χ1) is 13.8. The van der Waals surface area contributed by atoms with Crippen LogP contribution in [0.25, 0.3) is 0 Å². The van der Waals surface area contributed by atoms with E-state index in [1.54, 1.807) is 0 Å². The van der Waals surface area contributed by atoms with Gasteiger partial charge in [0.15, 0.2) is 0 Å². The maximum atomic E-state index is 10.9. The number of aryl methyl sites for hydroxylation is 1. The second-order valence-corrected chi connectivity index (χ2v) is 7.28. The maximum Gasteiger partial charge on any atom is 0.324 e. The first-order valence-electron chi connectivity index (χ1n) is 11.0.